The molecule has 0 saturated heterocycles. The Balaban J connectivity index is 2.29. The normalized spacial score (nSPS) is 23.2. The molecule has 0 aromatic carbocycles. The van der Waals surface area contributed by atoms with Crippen molar-refractivity contribution in [3.05, 3.63) is 0 Å². The predicted molar refractivity (Wildman–Crippen MR) is 44.4 cm³/mol. The lowest BCUT2D eigenvalue weighted by Gasteiger charge is -2.28. The van der Waals surface area contributed by atoms with E-state index in [4.69, 9.17) is 9.47 Å². The first kappa shape index (κ1) is 9.01. The average Bonchev–Trinajstić information content (AvgIpc) is 2.73. The van der Waals surface area contributed by atoms with Crippen molar-refractivity contribution in [2.45, 2.75) is 51.9 Å². The van der Waals surface area contributed by atoms with Crippen LogP contribution in [0.1, 0.15) is 40.0 Å². The minimum Gasteiger partial charge on any atom is -0.351 e. The summed E-state index contributed by atoms with van der Waals surface area (Å²) in [7, 11) is 0. The second-order valence-electron chi connectivity index (χ2n) is 3.24. The molecule has 1 atom stereocenters. The van der Waals surface area contributed by atoms with E-state index in [0.29, 0.717) is 6.10 Å². The zero-order valence-electron chi connectivity index (χ0n) is 7.72. The van der Waals surface area contributed by atoms with Crippen molar-refractivity contribution in [3.8, 4) is 0 Å². The van der Waals surface area contributed by atoms with Gasteiger partial charge in [0.1, 0.15) is 0 Å². The second kappa shape index (κ2) is 3.55. The number of ether oxygens (including phenoxy) is 2. The van der Waals surface area contributed by atoms with Gasteiger partial charge >= 0.3 is 0 Å². The molecule has 1 fully saturated rings. The van der Waals surface area contributed by atoms with Crippen LogP contribution in [0.4, 0.5) is 0 Å². The van der Waals surface area contributed by atoms with Crippen molar-refractivity contribution in [2.24, 2.45) is 0 Å². The summed E-state index contributed by atoms with van der Waals surface area (Å²) in [4.78, 5) is 0. The van der Waals surface area contributed by atoms with E-state index in [-0.39, 0.29) is 5.79 Å². The Labute approximate surface area is 68.9 Å². The Hall–Kier alpha value is -0.0800. The van der Waals surface area contributed by atoms with Crippen LogP contribution >= 0.6 is 0 Å². The van der Waals surface area contributed by atoms with E-state index in [1.165, 1.54) is 12.8 Å². The summed E-state index contributed by atoms with van der Waals surface area (Å²) in [6.45, 7) is 6.86. The molecule has 1 aliphatic carbocycles. The van der Waals surface area contributed by atoms with Gasteiger partial charge in [0.25, 0.3) is 0 Å². The van der Waals surface area contributed by atoms with Crippen molar-refractivity contribution in [1.82, 2.24) is 0 Å². The van der Waals surface area contributed by atoms with Crippen LogP contribution in [0.3, 0.4) is 0 Å². The van der Waals surface area contributed by atoms with Crippen molar-refractivity contribution >= 4 is 0 Å². The van der Waals surface area contributed by atoms with E-state index in [9.17, 15) is 0 Å². The van der Waals surface area contributed by atoms with Crippen molar-refractivity contribution in [3.63, 3.8) is 0 Å². The Bertz CT molecular complexity index is 121. The molecule has 0 aromatic heterocycles. The fraction of sp³-hybridized carbons (Fsp3) is 1.00. The third-order valence-corrected chi connectivity index (χ3v) is 2.03. The van der Waals surface area contributed by atoms with Crippen LogP contribution in [0.15, 0.2) is 0 Å². The highest BCUT2D eigenvalue weighted by Crippen LogP contribution is 2.31. The second-order valence-corrected chi connectivity index (χ2v) is 3.24. The van der Waals surface area contributed by atoms with Crippen LogP contribution in [-0.2, 0) is 9.47 Å². The number of hydrogen-bond acceptors (Lipinski definition) is 2. The van der Waals surface area contributed by atoms with Crippen LogP contribution < -0.4 is 0 Å². The van der Waals surface area contributed by atoms with Crippen LogP contribution in [0.5, 0.6) is 0 Å². The Morgan fingerprint density at radius 3 is 2.36 bits per heavy atom. The van der Waals surface area contributed by atoms with Crippen LogP contribution in [0.2, 0.25) is 0 Å². The van der Waals surface area contributed by atoms with Gasteiger partial charge in [0.2, 0.25) is 0 Å². The summed E-state index contributed by atoms with van der Waals surface area (Å²) in [6, 6.07) is 0. The molecule has 11 heavy (non-hydrogen) atoms. The van der Waals surface area contributed by atoms with Gasteiger partial charge < -0.3 is 9.47 Å². The number of hydrogen-bond donors (Lipinski definition) is 0. The van der Waals surface area contributed by atoms with Crippen LogP contribution in [0, 0.1) is 0 Å². The molecule has 1 aliphatic rings. The smallest absolute Gasteiger partial charge is 0.165 e. The van der Waals surface area contributed by atoms with Gasteiger partial charge in [-0.1, -0.05) is 6.92 Å². The van der Waals surface area contributed by atoms with Gasteiger partial charge in [-0.25, -0.2) is 0 Å². The lowest BCUT2D eigenvalue weighted by Crippen LogP contribution is -2.32. The molecular formula is C9H18O2. The van der Waals surface area contributed by atoms with Gasteiger partial charge in [0.15, 0.2) is 5.79 Å². The lowest BCUT2D eigenvalue weighted by atomic mass is 10.2. The summed E-state index contributed by atoms with van der Waals surface area (Å²) in [5, 5.41) is 0. The average molecular weight is 158 g/mol. The van der Waals surface area contributed by atoms with Gasteiger partial charge in [0.05, 0.1) is 6.10 Å². The van der Waals surface area contributed by atoms with E-state index in [2.05, 4.69) is 6.92 Å². The van der Waals surface area contributed by atoms with Crippen molar-refractivity contribution in [1.29, 1.82) is 0 Å². The highest BCUT2D eigenvalue weighted by atomic mass is 16.7. The maximum absolute atomic E-state index is 5.72. The third-order valence-electron chi connectivity index (χ3n) is 2.03. The topological polar surface area (TPSA) is 18.5 Å². The van der Waals surface area contributed by atoms with Gasteiger partial charge in [-0.3, -0.25) is 0 Å². The van der Waals surface area contributed by atoms with Crippen molar-refractivity contribution in [2.75, 3.05) is 6.61 Å². The molecule has 0 N–H and O–H groups in total. The molecule has 0 aliphatic heterocycles. The minimum atomic E-state index is -0.323. The Morgan fingerprint density at radius 2 is 2.00 bits per heavy atom. The molecule has 1 rings (SSSR count). The summed E-state index contributed by atoms with van der Waals surface area (Å²) in [5.74, 6) is -0.323. The molecule has 1 unspecified atom stereocenters. The van der Waals surface area contributed by atoms with Gasteiger partial charge in [-0.05, 0) is 33.1 Å². The fourth-order valence-corrected chi connectivity index (χ4v) is 1.06. The van der Waals surface area contributed by atoms with Crippen LogP contribution in [0.25, 0.3) is 0 Å². The molecule has 1 saturated carbocycles. The first-order valence-corrected chi connectivity index (χ1v) is 4.52. The molecule has 2 heteroatoms. The molecule has 0 amide bonds. The van der Waals surface area contributed by atoms with E-state index in [1.54, 1.807) is 0 Å². The van der Waals surface area contributed by atoms with E-state index in [0.717, 1.165) is 13.0 Å². The standard InChI is InChI=1S/C9H18O2/c1-4-9(3,10-5-2)11-8-6-7-8/h8H,4-7H2,1-3H3. The van der Waals surface area contributed by atoms with Gasteiger partial charge in [0, 0.05) is 6.61 Å². The summed E-state index contributed by atoms with van der Waals surface area (Å²) in [5.41, 5.74) is 0. The highest BCUT2D eigenvalue weighted by molar-refractivity contribution is 4.77. The largest absolute Gasteiger partial charge is 0.351 e. The maximum atomic E-state index is 5.72. The summed E-state index contributed by atoms with van der Waals surface area (Å²) in [6.07, 6.45) is 3.83. The van der Waals surface area contributed by atoms with Gasteiger partial charge in [-0.2, -0.15) is 0 Å². The third kappa shape index (κ3) is 2.80. The van der Waals surface area contributed by atoms with E-state index >= 15 is 0 Å². The zero-order chi connectivity index (χ0) is 8.32. The molecule has 0 aromatic rings. The first-order valence-electron chi connectivity index (χ1n) is 4.52. The quantitative estimate of drug-likeness (QED) is 0.572. The molecular weight excluding hydrogens is 140 g/mol. The summed E-state index contributed by atoms with van der Waals surface area (Å²) < 4.78 is 11.2. The molecule has 2 nitrogen and oxygen atoms in total. The lowest BCUT2D eigenvalue weighted by molar-refractivity contribution is -0.230. The molecule has 0 bridgehead atoms. The minimum absolute atomic E-state index is 0.323. The van der Waals surface area contributed by atoms with Crippen LogP contribution in [-0.4, -0.2) is 18.5 Å². The molecule has 0 spiro atoms. The molecule has 0 heterocycles. The predicted octanol–water partition coefficient (Wildman–Crippen LogP) is 2.33. The van der Waals surface area contributed by atoms with Gasteiger partial charge in [-0.15, -0.1) is 0 Å². The van der Waals surface area contributed by atoms with E-state index < -0.39 is 0 Å². The first-order chi connectivity index (χ1) is 5.20. The SMILES string of the molecule is CCOC(C)(CC)OC1CC1. The molecule has 0 radical (unpaired) electrons. The fourth-order valence-electron chi connectivity index (χ4n) is 1.06. The van der Waals surface area contributed by atoms with E-state index in [1.807, 2.05) is 13.8 Å². The Kier molecular flexibility index (Phi) is 2.90. The number of rotatable bonds is 5. The maximum Gasteiger partial charge on any atom is 0.165 e. The van der Waals surface area contributed by atoms with Crippen molar-refractivity contribution < 1.29 is 9.47 Å². The molecule has 66 valence electrons. The monoisotopic (exact) mass is 158 g/mol. The zero-order valence-corrected chi connectivity index (χ0v) is 7.72. The highest BCUT2D eigenvalue weighted by Gasteiger charge is 2.33. The summed E-state index contributed by atoms with van der Waals surface area (Å²) >= 11 is 0. The Morgan fingerprint density at radius 1 is 1.36 bits per heavy atom.